The van der Waals surface area contributed by atoms with E-state index in [-0.39, 0.29) is 18.1 Å². The van der Waals surface area contributed by atoms with Gasteiger partial charge in [-0.25, -0.2) is 0 Å². The molecule has 0 aliphatic carbocycles. The lowest BCUT2D eigenvalue weighted by Crippen LogP contribution is -2.51. The molecule has 3 unspecified atom stereocenters. The topological polar surface area (TPSA) is 55.8 Å². The molecule has 0 aromatic rings. The van der Waals surface area contributed by atoms with E-state index < -0.39 is 11.4 Å². The molecule has 0 bridgehead atoms. The van der Waals surface area contributed by atoms with Crippen LogP contribution in [-0.4, -0.2) is 28.1 Å². The van der Waals surface area contributed by atoms with Crippen LogP contribution in [0.1, 0.15) is 20.3 Å². The second kappa shape index (κ2) is 3.83. The predicted octanol–water partition coefficient (Wildman–Crippen LogP) is 0.955. The Hall–Kier alpha value is 0.0300. The maximum Gasteiger partial charge on any atom is 0.301 e. The van der Waals surface area contributed by atoms with Crippen LogP contribution in [-0.2, 0) is 20.3 Å². The summed E-state index contributed by atoms with van der Waals surface area (Å²) in [6.45, 7) is 5.08. The Kier molecular flexibility index (Phi) is 3.22. The lowest BCUT2D eigenvalue weighted by atomic mass is 9.78. The van der Waals surface area contributed by atoms with E-state index in [2.05, 4.69) is 18.0 Å². The Morgan fingerprint density at radius 2 is 2.50 bits per heavy atom. The van der Waals surface area contributed by atoms with Crippen LogP contribution in [0.15, 0.2) is 0 Å². The summed E-state index contributed by atoms with van der Waals surface area (Å²) >= 11 is -2.17. The van der Waals surface area contributed by atoms with Crippen molar-refractivity contribution in [3.8, 4) is 0 Å². The third-order valence-corrected chi connectivity index (χ3v) is 2.86. The van der Waals surface area contributed by atoms with Crippen LogP contribution in [0.2, 0.25) is 0 Å². The maximum absolute atomic E-state index is 10.2. The summed E-state index contributed by atoms with van der Waals surface area (Å²) < 4.78 is 28.3. The number of hydrogen-bond acceptors (Lipinski definition) is 3. The van der Waals surface area contributed by atoms with Crippen LogP contribution in [0.4, 0.5) is 0 Å². The highest BCUT2D eigenvalue weighted by Crippen LogP contribution is 2.37. The second-order valence-corrected chi connectivity index (χ2v) is 3.98. The first-order chi connectivity index (χ1) is 5.58. The Labute approximate surface area is 74.7 Å². The second-order valence-electron chi connectivity index (χ2n) is 3.31. The molecule has 72 valence electrons. The van der Waals surface area contributed by atoms with Gasteiger partial charge in [0.05, 0.1) is 19.3 Å². The number of rotatable bonds is 4. The minimum Gasteiger partial charge on any atom is -0.374 e. The monoisotopic (exact) mass is 194 g/mol. The third kappa shape index (κ3) is 2.04. The first-order valence-electron chi connectivity index (χ1n) is 3.94. The van der Waals surface area contributed by atoms with Crippen molar-refractivity contribution in [2.24, 2.45) is 5.41 Å². The molecule has 1 rings (SSSR count). The van der Waals surface area contributed by atoms with Crippen molar-refractivity contribution in [1.29, 1.82) is 0 Å². The van der Waals surface area contributed by atoms with Gasteiger partial charge in [0.15, 0.2) is 0 Å². The lowest BCUT2D eigenvalue weighted by Gasteiger charge is -2.45. The summed E-state index contributed by atoms with van der Waals surface area (Å²) in [7, 11) is 0. The van der Waals surface area contributed by atoms with E-state index in [4.69, 9.17) is 9.29 Å². The van der Waals surface area contributed by atoms with Crippen molar-refractivity contribution in [3.63, 3.8) is 0 Å². The molecule has 4 nitrogen and oxygen atoms in total. The van der Waals surface area contributed by atoms with Crippen molar-refractivity contribution in [2.75, 3.05) is 13.2 Å². The molecule has 5 heteroatoms. The Bertz CT molecular complexity index is 180. The summed E-state index contributed by atoms with van der Waals surface area (Å²) in [4.78, 5) is 0. The quantitative estimate of drug-likeness (QED) is 0.677. The van der Waals surface area contributed by atoms with E-state index in [0.717, 1.165) is 13.0 Å². The molecule has 0 radical (unpaired) electrons. The molecule has 1 heterocycles. The average molecular weight is 194 g/mol. The molecule has 0 saturated carbocycles. The molecule has 1 N–H and O–H groups in total. The highest BCUT2D eigenvalue weighted by molar-refractivity contribution is 7.74. The molecule has 0 aromatic heterocycles. The minimum absolute atomic E-state index is 0.0291. The van der Waals surface area contributed by atoms with E-state index in [0.29, 0.717) is 0 Å². The Morgan fingerprint density at radius 3 is 2.83 bits per heavy atom. The fourth-order valence-electron chi connectivity index (χ4n) is 1.18. The van der Waals surface area contributed by atoms with Crippen molar-refractivity contribution in [2.45, 2.75) is 26.4 Å². The first kappa shape index (κ1) is 10.1. The molecular formula is C7H14O4S. The SMILES string of the molecule is CCC1(C)COC1COS(=O)O. The van der Waals surface area contributed by atoms with E-state index in [1.807, 2.05) is 0 Å². The van der Waals surface area contributed by atoms with E-state index in [1.165, 1.54) is 0 Å². The smallest absolute Gasteiger partial charge is 0.301 e. The van der Waals surface area contributed by atoms with Crippen LogP contribution in [0, 0.1) is 5.41 Å². The fourth-order valence-corrected chi connectivity index (χ4v) is 1.42. The van der Waals surface area contributed by atoms with Gasteiger partial charge in [-0.05, 0) is 6.42 Å². The normalized spacial score (nSPS) is 37.4. The van der Waals surface area contributed by atoms with Gasteiger partial charge in [0.2, 0.25) is 0 Å². The van der Waals surface area contributed by atoms with Crippen molar-refractivity contribution < 1.29 is 17.7 Å². The zero-order chi connectivity index (χ0) is 9.19. The largest absolute Gasteiger partial charge is 0.374 e. The summed E-state index contributed by atoms with van der Waals surface area (Å²) in [5, 5.41) is 0. The molecule has 0 amide bonds. The van der Waals surface area contributed by atoms with Crippen molar-refractivity contribution in [3.05, 3.63) is 0 Å². The molecular weight excluding hydrogens is 180 g/mol. The lowest BCUT2D eigenvalue weighted by molar-refractivity contribution is -0.190. The maximum atomic E-state index is 10.2. The highest BCUT2D eigenvalue weighted by Gasteiger charge is 2.43. The number of ether oxygens (including phenoxy) is 1. The molecule has 3 atom stereocenters. The van der Waals surface area contributed by atoms with Crippen LogP contribution in [0.5, 0.6) is 0 Å². The van der Waals surface area contributed by atoms with Crippen LogP contribution < -0.4 is 0 Å². The van der Waals surface area contributed by atoms with Crippen LogP contribution >= 0.6 is 0 Å². The summed E-state index contributed by atoms with van der Waals surface area (Å²) in [6, 6.07) is 0. The molecule has 0 spiro atoms. The standard InChI is InChI=1S/C7H14O4S/c1-3-7(2)5-10-6(7)4-11-12(8)9/h6H,3-5H2,1-2H3,(H,8,9). The molecule has 0 aromatic carbocycles. The van der Waals surface area contributed by atoms with E-state index in [9.17, 15) is 4.21 Å². The molecule has 1 fully saturated rings. The zero-order valence-corrected chi connectivity index (χ0v) is 8.10. The van der Waals surface area contributed by atoms with Gasteiger partial charge >= 0.3 is 11.4 Å². The van der Waals surface area contributed by atoms with Gasteiger partial charge in [-0.1, -0.05) is 13.8 Å². The van der Waals surface area contributed by atoms with Gasteiger partial charge in [-0.15, -0.1) is 0 Å². The van der Waals surface area contributed by atoms with Crippen molar-refractivity contribution >= 4 is 11.4 Å². The third-order valence-electron chi connectivity index (χ3n) is 2.52. The van der Waals surface area contributed by atoms with Crippen LogP contribution in [0.25, 0.3) is 0 Å². The van der Waals surface area contributed by atoms with E-state index in [1.54, 1.807) is 0 Å². The van der Waals surface area contributed by atoms with Crippen molar-refractivity contribution in [1.82, 2.24) is 0 Å². The summed E-state index contributed by atoms with van der Waals surface area (Å²) in [6.07, 6.45) is 0.970. The van der Waals surface area contributed by atoms with Gasteiger partial charge in [0.25, 0.3) is 0 Å². The molecule has 12 heavy (non-hydrogen) atoms. The van der Waals surface area contributed by atoms with Crippen LogP contribution in [0.3, 0.4) is 0 Å². The zero-order valence-electron chi connectivity index (χ0n) is 7.28. The fraction of sp³-hybridized carbons (Fsp3) is 1.00. The van der Waals surface area contributed by atoms with Gasteiger partial charge in [0.1, 0.15) is 0 Å². The molecule has 1 aliphatic rings. The minimum atomic E-state index is -2.17. The molecule has 1 saturated heterocycles. The van der Waals surface area contributed by atoms with Gasteiger partial charge in [-0.2, -0.15) is 4.21 Å². The van der Waals surface area contributed by atoms with Gasteiger partial charge < -0.3 is 4.74 Å². The summed E-state index contributed by atoms with van der Waals surface area (Å²) in [5.74, 6) is 0. The van der Waals surface area contributed by atoms with Gasteiger partial charge in [-0.3, -0.25) is 8.74 Å². The average Bonchev–Trinajstić information content (AvgIpc) is 2.01. The summed E-state index contributed by atoms with van der Waals surface area (Å²) in [5.41, 5.74) is 0.124. The highest BCUT2D eigenvalue weighted by atomic mass is 32.2. The molecule has 1 aliphatic heterocycles. The Morgan fingerprint density at radius 1 is 1.83 bits per heavy atom. The first-order valence-corrected chi connectivity index (χ1v) is 4.97. The Balaban J connectivity index is 2.30. The predicted molar refractivity (Wildman–Crippen MR) is 44.9 cm³/mol. The van der Waals surface area contributed by atoms with Gasteiger partial charge in [0, 0.05) is 5.41 Å². The van der Waals surface area contributed by atoms with E-state index >= 15 is 0 Å². The number of hydrogen-bond donors (Lipinski definition) is 1.